The van der Waals surface area contributed by atoms with Gasteiger partial charge in [0.05, 0.1) is 12.2 Å². The minimum absolute atomic E-state index is 0.234. The highest BCUT2D eigenvalue weighted by Crippen LogP contribution is 2.20. The minimum Gasteiger partial charge on any atom is -0.462 e. The molecule has 1 aromatic rings. The van der Waals surface area contributed by atoms with Gasteiger partial charge in [0.2, 0.25) is 0 Å². The van der Waals surface area contributed by atoms with Crippen LogP contribution in [0.4, 0.5) is 0 Å². The van der Waals surface area contributed by atoms with E-state index in [4.69, 9.17) is 4.74 Å². The maximum absolute atomic E-state index is 12.2. The predicted octanol–water partition coefficient (Wildman–Crippen LogP) is 8.14. The predicted molar refractivity (Wildman–Crippen MR) is 123 cm³/mol. The Morgan fingerprint density at radius 3 is 1.83 bits per heavy atom. The van der Waals surface area contributed by atoms with Gasteiger partial charge in [-0.15, -0.1) is 0 Å². The van der Waals surface area contributed by atoms with Crippen LogP contribution in [0.1, 0.15) is 127 Å². The van der Waals surface area contributed by atoms with Crippen molar-refractivity contribution in [3.63, 3.8) is 0 Å². The van der Waals surface area contributed by atoms with Gasteiger partial charge in [0.1, 0.15) is 0 Å². The smallest absolute Gasteiger partial charge is 0.339 e. The lowest BCUT2D eigenvalue weighted by Gasteiger charge is -2.17. The topological polar surface area (TPSA) is 39.2 Å². The Labute approximate surface area is 180 Å². The standard InChI is InChI=1S/C26H45NO2/c1-3-5-7-9-11-12-14-16-19-24(18-15-13-10-8-6-4-2)23-29-26(28)25-20-17-21-27-22-25/h17,20-22,24H,3-16,18-19,23H2,1-2H3. The summed E-state index contributed by atoms with van der Waals surface area (Å²) in [6.07, 6.45) is 24.3. The van der Waals surface area contributed by atoms with Crippen LogP contribution in [0, 0.1) is 5.92 Å². The van der Waals surface area contributed by atoms with E-state index in [9.17, 15) is 4.79 Å². The summed E-state index contributed by atoms with van der Waals surface area (Å²) in [5.74, 6) is 0.267. The van der Waals surface area contributed by atoms with E-state index in [-0.39, 0.29) is 5.97 Å². The van der Waals surface area contributed by atoms with E-state index in [1.54, 1.807) is 24.5 Å². The molecular formula is C26H45NO2. The van der Waals surface area contributed by atoms with E-state index >= 15 is 0 Å². The average Bonchev–Trinajstić information content (AvgIpc) is 2.76. The van der Waals surface area contributed by atoms with E-state index in [2.05, 4.69) is 18.8 Å². The van der Waals surface area contributed by atoms with Crippen LogP contribution in [0.5, 0.6) is 0 Å². The van der Waals surface area contributed by atoms with Crippen molar-refractivity contribution in [1.29, 1.82) is 0 Å². The second-order valence-corrected chi connectivity index (χ2v) is 8.53. The number of esters is 1. The van der Waals surface area contributed by atoms with Gasteiger partial charge in [0.15, 0.2) is 0 Å². The molecule has 1 rings (SSSR count). The lowest BCUT2D eigenvalue weighted by Crippen LogP contribution is -2.15. The summed E-state index contributed by atoms with van der Waals surface area (Å²) in [5.41, 5.74) is 0.554. The number of carbonyl (C=O) groups excluding carboxylic acids is 1. The van der Waals surface area contributed by atoms with E-state index in [1.165, 1.54) is 103 Å². The first-order valence-electron chi connectivity index (χ1n) is 12.3. The maximum Gasteiger partial charge on any atom is 0.339 e. The Bertz CT molecular complexity index is 489. The van der Waals surface area contributed by atoms with Gasteiger partial charge in [-0.3, -0.25) is 4.98 Å². The Kier molecular flexibility index (Phi) is 16.5. The average molecular weight is 404 g/mol. The Morgan fingerprint density at radius 1 is 0.828 bits per heavy atom. The van der Waals surface area contributed by atoms with Crippen molar-refractivity contribution in [2.24, 2.45) is 5.92 Å². The van der Waals surface area contributed by atoms with Crippen molar-refractivity contribution < 1.29 is 9.53 Å². The van der Waals surface area contributed by atoms with Crippen LogP contribution in [0.15, 0.2) is 24.5 Å². The van der Waals surface area contributed by atoms with Gasteiger partial charge in [0.25, 0.3) is 0 Å². The molecule has 1 atom stereocenters. The molecule has 29 heavy (non-hydrogen) atoms. The number of hydrogen-bond acceptors (Lipinski definition) is 3. The molecule has 0 aliphatic rings. The molecule has 0 spiro atoms. The normalized spacial score (nSPS) is 12.1. The van der Waals surface area contributed by atoms with E-state index < -0.39 is 0 Å². The molecule has 166 valence electrons. The molecule has 0 radical (unpaired) electrons. The van der Waals surface area contributed by atoms with E-state index in [0.717, 1.165) is 0 Å². The molecule has 3 nitrogen and oxygen atoms in total. The molecule has 0 saturated carbocycles. The number of carbonyl (C=O) groups is 1. The highest BCUT2D eigenvalue weighted by Gasteiger charge is 2.13. The van der Waals surface area contributed by atoms with Crippen LogP contribution in [-0.4, -0.2) is 17.6 Å². The molecule has 3 heteroatoms. The van der Waals surface area contributed by atoms with Crippen molar-refractivity contribution in [1.82, 2.24) is 4.98 Å². The largest absolute Gasteiger partial charge is 0.462 e. The number of pyridine rings is 1. The lowest BCUT2D eigenvalue weighted by atomic mass is 9.94. The van der Waals surface area contributed by atoms with Crippen LogP contribution in [0.25, 0.3) is 0 Å². The van der Waals surface area contributed by atoms with E-state index in [1.807, 2.05) is 0 Å². The first-order chi connectivity index (χ1) is 14.3. The lowest BCUT2D eigenvalue weighted by molar-refractivity contribution is 0.0421. The monoisotopic (exact) mass is 403 g/mol. The van der Waals surface area contributed by atoms with Crippen molar-refractivity contribution in [3.8, 4) is 0 Å². The summed E-state index contributed by atoms with van der Waals surface area (Å²) < 4.78 is 5.63. The van der Waals surface area contributed by atoms with Crippen molar-refractivity contribution in [2.75, 3.05) is 6.61 Å². The molecule has 0 aliphatic heterocycles. The number of rotatable bonds is 19. The molecule has 1 heterocycles. The van der Waals surface area contributed by atoms with Gasteiger partial charge in [-0.1, -0.05) is 104 Å². The first-order valence-corrected chi connectivity index (χ1v) is 12.3. The fraction of sp³-hybridized carbons (Fsp3) is 0.769. The summed E-state index contributed by atoms with van der Waals surface area (Å²) in [6, 6.07) is 3.56. The van der Waals surface area contributed by atoms with Crippen LogP contribution < -0.4 is 0 Å². The molecular weight excluding hydrogens is 358 g/mol. The summed E-state index contributed by atoms with van der Waals surface area (Å²) in [5, 5.41) is 0. The number of unbranched alkanes of at least 4 members (excludes halogenated alkanes) is 12. The highest BCUT2D eigenvalue weighted by molar-refractivity contribution is 5.88. The van der Waals surface area contributed by atoms with Crippen LogP contribution in [0.3, 0.4) is 0 Å². The fourth-order valence-electron chi connectivity index (χ4n) is 3.85. The zero-order chi connectivity index (χ0) is 21.0. The van der Waals surface area contributed by atoms with Crippen LogP contribution in [-0.2, 0) is 4.74 Å². The zero-order valence-corrected chi connectivity index (χ0v) is 19.2. The Morgan fingerprint density at radius 2 is 1.34 bits per heavy atom. The second-order valence-electron chi connectivity index (χ2n) is 8.53. The SMILES string of the molecule is CCCCCCCCCCC(CCCCCCCC)COC(=O)c1cccnc1. The molecule has 0 amide bonds. The Balaban J connectivity index is 2.27. The summed E-state index contributed by atoms with van der Waals surface area (Å²) in [6.45, 7) is 5.08. The molecule has 1 aromatic heterocycles. The molecule has 0 aromatic carbocycles. The Hall–Kier alpha value is -1.38. The van der Waals surface area contributed by atoms with Crippen molar-refractivity contribution in [2.45, 2.75) is 117 Å². The van der Waals surface area contributed by atoms with Crippen molar-refractivity contribution in [3.05, 3.63) is 30.1 Å². The number of hydrogen-bond donors (Lipinski definition) is 0. The summed E-state index contributed by atoms with van der Waals surface area (Å²) in [7, 11) is 0. The third-order valence-corrected chi connectivity index (χ3v) is 5.78. The first kappa shape index (κ1) is 25.7. The van der Waals surface area contributed by atoms with E-state index in [0.29, 0.717) is 18.1 Å². The highest BCUT2D eigenvalue weighted by atomic mass is 16.5. The van der Waals surface area contributed by atoms with Gasteiger partial charge in [-0.25, -0.2) is 4.79 Å². The molecule has 0 bridgehead atoms. The molecule has 0 fully saturated rings. The van der Waals surface area contributed by atoms with Gasteiger partial charge in [0, 0.05) is 12.4 Å². The zero-order valence-electron chi connectivity index (χ0n) is 19.2. The maximum atomic E-state index is 12.2. The van der Waals surface area contributed by atoms with Gasteiger partial charge in [-0.05, 0) is 30.9 Å². The van der Waals surface area contributed by atoms with Gasteiger partial charge >= 0.3 is 5.97 Å². The summed E-state index contributed by atoms with van der Waals surface area (Å²) in [4.78, 5) is 16.3. The van der Waals surface area contributed by atoms with Crippen LogP contribution in [0.2, 0.25) is 0 Å². The van der Waals surface area contributed by atoms with Crippen molar-refractivity contribution >= 4 is 5.97 Å². The summed E-state index contributed by atoms with van der Waals surface area (Å²) >= 11 is 0. The fourth-order valence-corrected chi connectivity index (χ4v) is 3.85. The number of nitrogens with zero attached hydrogens (tertiary/aromatic N) is 1. The minimum atomic E-state index is -0.234. The second kappa shape index (κ2) is 18.6. The molecule has 0 aliphatic carbocycles. The third-order valence-electron chi connectivity index (χ3n) is 5.78. The quantitative estimate of drug-likeness (QED) is 0.173. The number of aromatic nitrogens is 1. The molecule has 0 saturated heterocycles. The van der Waals surface area contributed by atoms with Gasteiger partial charge in [-0.2, -0.15) is 0 Å². The number of ether oxygens (including phenoxy) is 1. The van der Waals surface area contributed by atoms with Crippen LogP contribution >= 0.6 is 0 Å². The third kappa shape index (κ3) is 14.3. The van der Waals surface area contributed by atoms with Gasteiger partial charge < -0.3 is 4.74 Å². The molecule has 1 unspecified atom stereocenters. The molecule has 0 N–H and O–H groups in total.